The second kappa shape index (κ2) is 11.5. The van der Waals surface area contributed by atoms with Crippen molar-refractivity contribution in [1.82, 2.24) is 0 Å². The largest absolute Gasteiger partial charge is 0.744 e. The molecule has 0 unspecified atom stereocenters. The Morgan fingerprint density at radius 1 is 0.905 bits per heavy atom. The van der Waals surface area contributed by atoms with Gasteiger partial charge in [0.25, 0.3) is 0 Å². The average Bonchev–Trinajstić information content (AvgIpc) is 2.99. The summed E-state index contributed by atoms with van der Waals surface area (Å²) in [4.78, 5) is 15.3. The van der Waals surface area contributed by atoms with Crippen LogP contribution in [0.2, 0.25) is 0 Å². The van der Waals surface area contributed by atoms with Gasteiger partial charge in [-0.15, -0.1) is 0 Å². The monoisotopic (exact) mass is 580 g/mol. The van der Waals surface area contributed by atoms with Crippen LogP contribution in [0.3, 0.4) is 0 Å². The number of hydrogen-bond donors (Lipinski definition) is 0. The van der Waals surface area contributed by atoms with Crippen LogP contribution in [0.25, 0.3) is 22.1 Å². The fourth-order valence-electron chi connectivity index (χ4n) is 5.89. The van der Waals surface area contributed by atoms with Gasteiger partial charge in [-0.05, 0) is 62.4 Å². The van der Waals surface area contributed by atoms with Crippen molar-refractivity contribution in [3.8, 4) is 11.1 Å². The van der Waals surface area contributed by atoms with Crippen LogP contribution in [-0.4, -0.2) is 26.1 Å². The van der Waals surface area contributed by atoms with Crippen LogP contribution in [0.15, 0.2) is 105 Å². The van der Waals surface area contributed by atoms with Crippen molar-refractivity contribution in [2.45, 2.75) is 44.0 Å². The van der Waals surface area contributed by atoms with E-state index < -0.39 is 10.1 Å². The van der Waals surface area contributed by atoms with E-state index in [4.69, 9.17) is 4.42 Å². The minimum atomic E-state index is -4.27. The van der Waals surface area contributed by atoms with E-state index >= 15 is 0 Å². The van der Waals surface area contributed by atoms with Crippen LogP contribution < -0.4 is 15.1 Å². The van der Waals surface area contributed by atoms with E-state index in [1.54, 1.807) is 12.1 Å². The van der Waals surface area contributed by atoms with Crippen LogP contribution in [0.1, 0.15) is 35.1 Å². The Balaban J connectivity index is 0.000000244. The normalized spacial score (nSPS) is 14.2. The quantitative estimate of drug-likeness (QED) is 0.161. The van der Waals surface area contributed by atoms with Crippen molar-refractivity contribution in [2.24, 2.45) is 0 Å². The predicted molar refractivity (Wildman–Crippen MR) is 162 cm³/mol. The molecule has 0 saturated carbocycles. The predicted octanol–water partition coefficient (Wildman–Crippen LogP) is 5.39. The molecular formula is C34H32N2O5S. The van der Waals surface area contributed by atoms with Gasteiger partial charge in [-0.3, -0.25) is 0 Å². The minimum absolute atomic E-state index is 0.178. The summed E-state index contributed by atoms with van der Waals surface area (Å²) >= 11 is 0. The Kier molecular flexibility index (Phi) is 7.66. The molecule has 7 nitrogen and oxygen atoms in total. The highest BCUT2D eigenvalue weighted by Gasteiger charge is 2.27. The van der Waals surface area contributed by atoms with Gasteiger partial charge in [0, 0.05) is 53.0 Å². The molecule has 214 valence electrons. The molecular weight excluding hydrogens is 548 g/mol. The number of pyridine rings is 1. The fraction of sp³-hybridized carbons (Fsp3) is 0.235. The molecule has 0 aliphatic carbocycles. The number of rotatable bonds is 4. The maximum Gasteiger partial charge on any atom is 0.344 e. The van der Waals surface area contributed by atoms with Gasteiger partial charge in [-0.2, -0.15) is 0 Å². The van der Waals surface area contributed by atoms with Crippen molar-refractivity contribution in [3.63, 3.8) is 0 Å². The van der Waals surface area contributed by atoms with Crippen LogP contribution in [0.4, 0.5) is 5.69 Å². The lowest BCUT2D eigenvalue weighted by Gasteiger charge is -2.37. The Bertz CT molecular complexity index is 1900. The van der Waals surface area contributed by atoms with Crippen molar-refractivity contribution in [1.29, 1.82) is 0 Å². The Morgan fingerprint density at radius 3 is 2.29 bits per heavy atom. The van der Waals surface area contributed by atoms with Crippen LogP contribution in [-0.2, 0) is 29.5 Å². The van der Waals surface area contributed by atoms with Gasteiger partial charge >= 0.3 is 5.63 Å². The standard InChI is InChI=1S/C27H25N2O2.C7H8O3S/c30-27-24(20-10-14-28(15-11-20)18-19-6-2-1-3-7-19)17-22-16-21-8-4-12-29-13-5-9-23(25(21)29)26(22)31-27;1-6-2-4-7(5-3-6)11(8,9)10/h1-3,6-7,10-11,14-17H,4-5,8-9,12-13,18H2;2-5H,1H3,(H,8,9,10)/q+1;/p-1. The van der Waals surface area contributed by atoms with Crippen LogP contribution >= 0.6 is 0 Å². The Labute approximate surface area is 245 Å². The van der Waals surface area contributed by atoms with E-state index in [2.05, 4.69) is 39.8 Å². The summed E-state index contributed by atoms with van der Waals surface area (Å²) in [6.45, 7) is 4.85. The molecule has 0 amide bonds. The SMILES string of the molecule is Cc1ccc(S(=O)(=O)[O-])cc1.O=c1oc2c3c4c(cc2cc1-c1cc[n+](Cc2ccccc2)cc1)CCCN4CCC3. The maximum atomic E-state index is 13.0. The molecule has 0 radical (unpaired) electrons. The first-order valence-corrected chi connectivity index (χ1v) is 15.6. The smallest absolute Gasteiger partial charge is 0.344 e. The first-order valence-electron chi connectivity index (χ1n) is 14.2. The zero-order chi connectivity index (χ0) is 29.3. The molecule has 0 fully saturated rings. The number of hydrogen-bond acceptors (Lipinski definition) is 6. The van der Waals surface area contributed by atoms with Crippen molar-refractivity contribution in [3.05, 3.63) is 124 Å². The second-order valence-electron chi connectivity index (χ2n) is 10.9. The van der Waals surface area contributed by atoms with Crippen molar-refractivity contribution in [2.75, 3.05) is 18.0 Å². The van der Waals surface area contributed by atoms with Crippen LogP contribution in [0, 0.1) is 6.92 Å². The Hall–Kier alpha value is -4.27. The van der Waals surface area contributed by atoms with Crippen molar-refractivity contribution < 1.29 is 22.0 Å². The summed E-state index contributed by atoms with van der Waals surface area (Å²) in [7, 11) is -4.27. The molecule has 3 aromatic carbocycles. The number of nitrogens with zero attached hydrogens (tertiary/aromatic N) is 2. The van der Waals surface area contributed by atoms with Gasteiger partial charge in [-0.25, -0.2) is 17.8 Å². The van der Waals surface area contributed by atoms with E-state index in [1.165, 1.54) is 40.9 Å². The number of benzene rings is 3. The Morgan fingerprint density at radius 2 is 1.60 bits per heavy atom. The molecule has 8 heteroatoms. The van der Waals surface area contributed by atoms with E-state index in [1.807, 2.05) is 43.6 Å². The molecule has 4 heterocycles. The molecule has 42 heavy (non-hydrogen) atoms. The lowest BCUT2D eigenvalue weighted by molar-refractivity contribution is -0.688. The zero-order valence-electron chi connectivity index (χ0n) is 23.5. The number of aryl methyl sites for hydroxylation is 3. The summed E-state index contributed by atoms with van der Waals surface area (Å²) in [5, 5.41) is 1.05. The van der Waals surface area contributed by atoms with Gasteiger partial charge in [-0.1, -0.05) is 48.0 Å². The third kappa shape index (κ3) is 5.86. The van der Waals surface area contributed by atoms with E-state index in [0.717, 1.165) is 61.0 Å². The third-order valence-electron chi connectivity index (χ3n) is 7.94. The van der Waals surface area contributed by atoms with E-state index in [-0.39, 0.29) is 10.5 Å². The minimum Gasteiger partial charge on any atom is -0.744 e. The van der Waals surface area contributed by atoms with Gasteiger partial charge < -0.3 is 13.9 Å². The summed E-state index contributed by atoms with van der Waals surface area (Å²) in [6, 6.07) is 24.4. The highest BCUT2D eigenvalue weighted by Crippen LogP contribution is 2.40. The number of fused-ring (bicyclic) bond motifs is 2. The van der Waals surface area contributed by atoms with Crippen molar-refractivity contribution >= 4 is 26.8 Å². The lowest BCUT2D eigenvalue weighted by atomic mass is 9.89. The van der Waals surface area contributed by atoms with E-state index in [0.29, 0.717) is 5.56 Å². The highest BCUT2D eigenvalue weighted by atomic mass is 32.2. The number of anilines is 1. The fourth-order valence-corrected chi connectivity index (χ4v) is 6.36. The molecule has 2 aromatic heterocycles. The highest BCUT2D eigenvalue weighted by molar-refractivity contribution is 7.85. The van der Waals surface area contributed by atoms with Gasteiger partial charge in [0.2, 0.25) is 0 Å². The van der Waals surface area contributed by atoms with Gasteiger partial charge in [0.05, 0.1) is 10.5 Å². The summed E-state index contributed by atoms with van der Waals surface area (Å²) in [5.41, 5.74) is 8.21. The summed E-state index contributed by atoms with van der Waals surface area (Å²) < 4.78 is 39.2. The summed E-state index contributed by atoms with van der Waals surface area (Å²) in [5.74, 6) is 0. The molecule has 2 aliphatic heterocycles. The molecule has 0 bridgehead atoms. The molecule has 5 aromatic rings. The molecule has 0 atom stereocenters. The molecule has 0 N–H and O–H groups in total. The maximum absolute atomic E-state index is 13.0. The zero-order valence-corrected chi connectivity index (χ0v) is 24.3. The van der Waals surface area contributed by atoms with Gasteiger partial charge in [0.1, 0.15) is 15.7 Å². The number of aromatic nitrogens is 1. The second-order valence-corrected chi connectivity index (χ2v) is 12.3. The topological polar surface area (TPSA) is 94.5 Å². The molecule has 7 rings (SSSR count). The molecule has 2 aliphatic rings. The van der Waals surface area contributed by atoms with E-state index in [9.17, 15) is 17.8 Å². The first-order chi connectivity index (χ1) is 20.3. The molecule has 0 spiro atoms. The summed E-state index contributed by atoms with van der Waals surface area (Å²) in [6.07, 6.45) is 8.47. The average molecular weight is 581 g/mol. The lowest BCUT2D eigenvalue weighted by Crippen LogP contribution is -2.34. The molecule has 0 saturated heterocycles. The van der Waals surface area contributed by atoms with Crippen LogP contribution in [0.5, 0.6) is 0 Å². The first kappa shape index (κ1) is 27.9. The third-order valence-corrected chi connectivity index (χ3v) is 8.79. The van der Waals surface area contributed by atoms with Gasteiger partial charge in [0.15, 0.2) is 18.9 Å².